The van der Waals surface area contributed by atoms with E-state index in [9.17, 15) is 23.1 Å². The maximum Gasteiger partial charge on any atom is 0.474 e. The number of fused-ring (bicyclic) bond motifs is 1. The Morgan fingerprint density at radius 2 is 1.76 bits per heavy atom. The first kappa shape index (κ1) is 30.4. The van der Waals surface area contributed by atoms with E-state index in [0.29, 0.717) is 24.8 Å². The quantitative estimate of drug-likeness (QED) is 0.198. The monoisotopic (exact) mass is 566 g/mol. The van der Waals surface area contributed by atoms with Crippen molar-refractivity contribution in [3.63, 3.8) is 0 Å². The maximum absolute atomic E-state index is 14.5. The lowest BCUT2D eigenvalue weighted by molar-refractivity contribution is -0.138. The van der Waals surface area contributed by atoms with Crippen LogP contribution in [0.2, 0.25) is 0 Å². The number of carbonyl (C=O) groups is 1. The van der Waals surface area contributed by atoms with Crippen molar-refractivity contribution in [2.24, 2.45) is 5.92 Å². The zero-order valence-corrected chi connectivity index (χ0v) is 24.0. The standard InChI is InChI=1S/C28H36FO7PS/c1-5-34-37(32,35-6-2)36-16-8-7-15-28(19-27(30)31)20(3)25(24-14-11-22(29)18-26(24)28)17-21-9-12-23(13-10-21)38(4)33/h9-14,17-18,20H,5-8,15-16,19H2,1-4H3,(H,30,31). The molecular formula is C28H36FO7PS. The summed E-state index contributed by atoms with van der Waals surface area (Å²) in [4.78, 5) is 12.8. The Morgan fingerprint density at radius 3 is 2.34 bits per heavy atom. The smallest absolute Gasteiger partial charge is 0.474 e. The van der Waals surface area contributed by atoms with Crippen molar-refractivity contribution in [1.82, 2.24) is 0 Å². The van der Waals surface area contributed by atoms with Crippen molar-refractivity contribution in [3.05, 3.63) is 65.0 Å². The Morgan fingerprint density at radius 1 is 1.11 bits per heavy atom. The summed E-state index contributed by atoms with van der Waals surface area (Å²) >= 11 is 0. The van der Waals surface area contributed by atoms with Gasteiger partial charge in [-0.2, -0.15) is 0 Å². The summed E-state index contributed by atoms with van der Waals surface area (Å²) in [7, 11) is -4.72. The normalized spacial score (nSPS) is 21.0. The van der Waals surface area contributed by atoms with Gasteiger partial charge in [0.25, 0.3) is 0 Å². The number of aliphatic carboxylic acids is 1. The van der Waals surface area contributed by atoms with Gasteiger partial charge in [0.15, 0.2) is 0 Å². The van der Waals surface area contributed by atoms with E-state index in [1.54, 1.807) is 38.3 Å². The fraction of sp³-hybridized carbons (Fsp3) is 0.464. The third-order valence-electron chi connectivity index (χ3n) is 6.97. The number of benzene rings is 2. The fourth-order valence-corrected chi connectivity index (χ4v) is 6.92. The SMILES string of the molecule is CCOP(=O)(OCC)OCCCCC1(CC(=O)O)c2cc(F)ccc2C(=Cc2ccc(S(C)=O)cc2)C1C. The molecular weight excluding hydrogens is 530 g/mol. The first-order chi connectivity index (χ1) is 18.0. The zero-order valence-electron chi connectivity index (χ0n) is 22.3. The highest BCUT2D eigenvalue weighted by Crippen LogP contribution is 2.55. The van der Waals surface area contributed by atoms with Gasteiger partial charge in [-0.25, -0.2) is 8.96 Å². The summed E-state index contributed by atoms with van der Waals surface area (Å²) in [6, 6.07) is 11.9. The molecule has 0 heterocycles. The number of phosphoric ester groups is 1. The van der Waals surface area contributed by atoms with Gasteiger partial charge in [0.1, 0.15) is 5.82 Å². The highest BCUT2D eigenvalue weighted by Gasteiger charge is 2.48. The van der Waals surface area contributed by atoms with Crippen molar-refractivity contribution >= 4 is 36.2 Å². The number of unbranched alkanes of at least 4 members (excludes halogenated alkanes) is 1. The molecule has 3 atom stereocenters. The van der Waals surface area contributed by atoms with Crippen LogP contribution in [0.1, 0.15) is 63.1 Å². The first-order valence-electron chi connectivity index (χ1n) is 12.8. The molecule has 0 saturated carbocycles. The van der Waals surface area contributed by atoms with Crippen LogP contribution in [0.3, 0.4) is 0 Å². The van der Waals surface area contributed by atoms with E-state index in [1.165, 1.54) is 12.1 Å². The highest BCUT2D eigenvalue weighted by atomic mass is 32.2. The molecule has 0 radical (unpaired) electrons. The molecule has 2 aromatic carbocycles. The van der Waals surface area contributed by atoms with Crippen LogP contribution in [-0.4, -0.2) is 41.4 Å². The second kappa shape index (κ2) is 13.3. The molecule has 1 aliphatic rings. The first-order valence-corrected chi connectivity index (χ1v) is 15.8. The number of hydrogen-bond acceptors (Lipinski definition) is 6. The lowest BCUT2D eigenvalue weighted by atomic mass is 9.69. The Kier molecular flexibility index (Phi) is 10.6. The molecule has 0 amide bonds. The number of hydrogen-bond donors (Lipinski definition) is 1. The average Bonchev–Trinajstić information content (AvgIpc) is 3.06. The average molecular weight is 567 g/mol. The molecule has 3 unspecified atom stereocenters. The molecule has 7 nitrogen and oxygen atoms in total. The molecule has 1 N–H and O–H groups in total. The minimum atomic E-state index is -3.63. The van der Waals surface area contributed by atoms with E-state index in [0.717, 1.165) is 21.6 Å². The molecule has 1 aliphatic carbocycles. The summed E-state index contributed by atoms with van der Waals surface area (Å²) in [5.41, 5.74) is 2.50. The highest BCUT2D eigenvalue weighted by molar-refractivity contribution is 7.84. The van der Waals surface area contributed by atoms with Gasteiger partial charge in [0.05, 0.1) is 26.2 Å². The van der Waals surface area contributed by atoms with E-state index in [4.69, 9.17) is 13.6 Å². The molecule has 0 spiro atoms. The molecule has 3 rings (SSSR count). The van der Waals surface area contributed by atoms with Gasteiger partial charge in [-0.15, -0.1) is 0 Å². The summed E-state index contributed by atoms with van der Waals surface area (Å²) < 4.78 is 54.6. The summed E-state index contributed by atoms with van der Waals surface area (Å²) in [6.07, 6.45) is 4.99. The van der Waals surface area contributed by atoms with Crippen LogP contribution < -0.4 is 0 Å². The summed E-state index contributed by atoms with van der Waals surface area (Å²) in [5.74, 6) is -1.59. The second-order valence-electron chi connectivity index (χ2n) is 9.33. The van der Waals surface area contributed by atoms with Crippen LogP contribution in [0.4, 0.5) is 4.39 Å². The number of allylic oxidation sites excluding steroid dienone is 1. The van der Waals surface area contributed by atoms with E-state index in [1.807, 2.05) is 25.1 Å². The van der Waals surface area contributed by atoms with Crippen LogP contribution in [0.5, 0.6) is 0 Å². The topological polar surface area (TPSA) is 99.1 Å². The lowest BCUT2D eigenvalue weighted by Crippen LogP contribution is -2.33. The summed E-state index contributed by atoms with van der Waals surface area (Å²) in [5, 5.41) is 9.90. The molecule has 0 fully saturated rings. The number of carboxylic acids is 1. The van der Waals surface area contributed by atoms with Gasteiger partial charge in [0, 0.05) is 27.4 Å². The third kappa shape index (κ3) is 7.07. The third-order valence-corrected chi connectivity index (χ3v) is 9.55. The Balaban J connectivity index is 1.89. The van der Waals surface area contributed by atoms with Crippen molar-refractivity contribution in [2.75, 3.05) is 26.1 Å². The maximum atomic E-state index is 14.5. The Bertz CT molecular complexity index is 1220. The molecule has 0 aliphatic heterocycles. The van der Waals surface area contributed by atoms with E-state index in [-0.39, 0.29) is 32.2 Å². The van der Waals surface area contributed by atoms with Gasteiger partial charge in [-0.1, -0.05) is 37.6 Å². The molecule has 2 aromatic rings. The minimum Gasteiger partial charge on any atom is -0.481 e. The zero-order chi connectivity index (χ0) is 27.9. The molecule has 208 valence electrons. The van der Waals surface area contributed by atoms with Crippen LogP contribution in [-0.2, 0) is 39.1 Å². The fourth-order valence-electron chi connectivity index (χ4n) is 5.19. The number of phosphoric acid groups is 1. The van der Waals surface area contributed by atoms with Gasteiger partial charge in [-0.3, -0.25) is 22.6 Å². The van der Waals surface area contributed by atoms with E-state index in [2.05, 4.69) is 0 Å². The largest absolute Gasteiger partial charge is 0.481 e. The lowest BCUT2D eigenvalue weighted by Gasteiger charge is -2.34. The molecule has 0 aromatic heterocycles. The predicted molar refractivity (Wildman–Crippen MR) is 147 cm³/mol. The van der Waals surface area contributed by atoms with E-state index < -0.39 is 35.8 Å². The number of rotatable bonds is 14. The van der Waals surface area contributed by atoms with Gasteiger partial charge >= 0.3 is 13.8 Å². The summed E-state index contributed by atoms with van der Waals surface area (Å²) in [6.45, 7) is 5.88. The van der Waals surface area contributed by atoms with Gasteiger partial charge in [0.2, 0.25) is 0 Å². The molecule has 0 bridgehead atoms. The van der Waals surface area contributed by atoms with Crippen molar-refractivity contribution in [3.8, 4) is 0 Å². The van der Waals surface area contributed by atoms with Crippen molar-refractivity contribution < 1.29 is 36.6 Å². The van der Waals surface area contributed by atoms with Crippen LogP contribution in [0.25, 0.3) is 11.6 Å². The van der Waals surface area contributed by atoms with Gasteiger partial charge < -0.3 is 5.11 Å². The van der Waals surface area contributed by atoms with Crippen LogP contribution in [0.15, 0.2) is 47.4 Å². The minimum absolute atomic E-state index is 0.124. The predicted octanol–water partition coefficient (Wildman–Crippen LogP) is 6.83. The number of halogens is 1. The number of carboxylic acid groups (broad SMARTS) is 1. The van der Waals surface area contributed by atoms with Crippen LogP contribution >= 0.6 is 7.82 Å². The van der Waals surface area contributed by atoms with Crippen LogP contribution in [0, 0.1) is 11.7 Å². The van der Waals surface area contributed by atoms with Crippen molar-refractivity contribution in [2.45, 2.75) is 56.8 Å². The second-order valence-corrected chi connectivity index (χ2v) is 12.4. The molecule has 10 heteroatoms. The Labute approximate surface area is 226 Å². The molecule has 38 heavy (non-hydrogen) atoms. The van der Waals surface area contributed by atoms with Gasteiger partial charge in [-0.05, 0) is 79.1 Å². The Hall–Kier alpha value is -2.16. The molecule has 0 saturated heterocycles. The van der Waals surface area contributed by atoms with E-state index >= 15 is 0 Å². The van der Waals surface area contributed by atoms with Crippen molar-refractivity contribution in [1.29, 1.82) is 0 Å².